The van der Waals surface area contributed by atoms with E-state index in [1.165, 1.54) is 18.3 Å². The van der Waals surface area contributed by atoms with E-state index in [4.69, 9.17) is 5.73 Å². The minimum Gasteiger partial charge on any atom is -0.480 e. The van der Waals surface area contributed by atoms with E-state index >= 15 is 0 Å². The molecule has 2 atom stereocenters. The number of carbonyl (C=O) groups excluding carboxylic acids is 3. The third kappa shape index (κ3) is 14.9. The van der Waals surface area contributed by atoms with Crippen LogP contribution in [0, 0.1) is 0 Å². The number of hydrogen-bond donors (Lipinski definition) is 10. The number of hydrogen-bond acceptors (Lipinski definition) is 16. The Kier molecular flexibility index (Phi) is 17.1. The molecule has 1 aliphatic rings. The maximum absolute atomic E-state index is 12.8. The first-order chi connectivity index (χ1) is 28.6. The molecule has 4 rings (SSSR count). The number of carbonyl (C=O) groups is 7. The van der Waals surface area contributed by atoms with Crippen LogP contribution in [0.3, 0.4) is 0 Å². The van der Waals surface area contributed by atoms with Crippen molar-refractivity contribution in [1.82, 2.24) is 50.6 Å². The van der Waals surface area contributed by atoms with Gasteiger partial charge in [0.2, 0.25) is 17.8 Å². The van der Waals surface area contributed by atoms with Crippen LogP contribution in [0.5, 0.6) is 0 Å². The highest BCUT2D eigenvalue weighted by atomic mass is 16.4. The van der Waals surface area contributed by atoms with Crippen LogP contribution in [-0.2, 0) is 35.3 Å². The van der Waals surface area contributed by atoms with Gasteiger partial charge in [-0.25, -0.2) is 14.8 Å². The third-order valence-corrected chi connectivity index (χ3v) is 9.37. The van der Waals surface area contributed by atoms with E-state index in [-0.39, 0.29) is 120 Å². The van der Waals surface area contributed by atoms with Crippen LogP contribution in [0.1, 0.15) is 41.7 Å². The Bertz CT molecular complexity index is 2050. The van der Waals surface area contributed by atoms with Crippen molar-refractivity contribution in [2.75, 3.05) is 76.5 Å². The molecule has 3 heterocycles. The van der Waals surface area contributed by atoms with Crippen molar-refractivity contribution < 1.29 is 54.0 Å². The van der Waals surface area contributed by atoms with Gasteiger partial charge in [0.15, 0.2) is 11.2 Å². The number of aliphatic carboxylic acids is 4. The lowest BCUT2D eigenvalue weighted by Crippen LogP contribution is -2.47. The summed E-state index contributed by atoms with van der Waals surface area (Å²) in [5, 5.41) is 48.8. The number of H-pyrrole nitrogens is 1. The maximum Gasteiger partial charge on any atom is 0.326 e. The van der Waals surface area contributed by atoms with Crippen LogP contribution in [0.25, 0.3) is 11.2 Å². The zero-order valence-corrected chi connectivity index (χ0v) is 32.5. The van der Waals surface area contributed by atoms with Gasteiger partial charge in [-0.3, -0.25) is 53.2 Å². The number of aromatic amines is 1. The summed E-state index contributed by atoms with van der Waals surface area (Å²) in [7, 11) is 0. The standard InChI is InChI=1S/C36H48N12O12/c37-36-44-31-30(33(56)45-36)42-23(18-41-31)17-40-22-3-1-21(2-4-22)32(55)43-24(34(57)58)5-7-26(49)38-9-10-39-27(50)8-6-25(35(59)60)48-15-13-46(19-28(51)52)11-12-47(14-16-48)20-29(53)54/h1-4,18,24-25,40H,5-17,19-20H2,(H,38,49)(H,39,50)(H,43,55)(H,51,52)(H,53,54)(H,57,58)(H,59,60)(H3,37,41,44,45,56)/t24-,25?/m0/s1. The lowest BCUT2D eigenvalue weighted by atomic mass is 10.1. The fraction of sp³-hybridized carbons (Fsp3) is 0.472. The number of nitrogens with zero attached hydrogens (tertiary/aromatic N) is 6. The molecule has 0 radical (unpaired) electrons. The molecule has 24 nitrogen and oxygen atoms in total. The second-order valence-electron chi connectivity index (χ2n) is 13.8. The molecule has 24 heteroatoms. The number of fused-ring (bicyclic) bond motifs is 1. The SMILES string of the molecule is Nc1nc2ncc(CNc3ccc(C(=O)N[C@@H](CCC(=O)NCCNC(=O)CCC(C(=O)O)N4CCN(CC(=O)O)CCN(CC(=O)O)CC4)C(=O)O)cc3)nc2c(=O)[nH]1. The number of carboxylic acid groups (broad SMARTS) is 4. The van der Waals surface area contributed by atoms with Crippen molar-refractivity contribution in [2.24, 2.45) is 0 Å². The number of nitrogens with two attached hydrogens (primary N) is 1. The highest BCUT2D eigenvalue weighted by Crippen LogP contribution is 2.14. The molecule has 2 aromatic heterocycles. The Labute approximate surface area is 341 Å². The predicted molar refractivity (Wildman–Crippen MR) is 211 cm³/mol. The Balaban J connectivity index is 1.17. The summed E-state index contributed by atoms with van der Waals surface area (Å²) in [6.45, 7) is 0.940. The Morgan fingerprint density at radius 1 is 0.767 bits per heavy atom. The van der Waals surface area contributed by atoms with E-state index in [0.29, 0.717) is 11.4 Å². The lowest BCUT2D eigenvalue weighted by molar-refractivity contribution is -0.145. The molecule has 0 saturated carbocycles. The molecule has 324 valence electrons. The highest BCUT2D eigenvalue weighted by molar-refractivity contribution is 5.97. The smallest absolute Gasteiger partial charge is 0.326 e. The molecular formula is C36H48N12O12. The van der Waals surface area contributed by atoms with Crippen LogP contribution >= 0.6 is 0 Å². The molecule has 1 unspecified atom stereocenters. The summed E-state index contributed by atoms with van der Waals surface area (Å²) < 4.78 is 0. The monoisotopic (exact) mass is 840 g/mol. The van der Waals surface area contributed by atoms with Gasteiger partial charge in [0.25, 0.3) is 11.5 Å². The van der Waals surface area contributed by atoms with E-state index < -0.39 is 59.2 Å². The van der Waals surface area contributed by atoms with Gasteiger partial charge in [-0.05, 0) is 37.1 Å². The van der Waals surface area contributed by atoms with Gasteiger partial charge in [-0.1, -0.05) is 0 Å². The first-order valence-corrected chi connectivity index (χ1v) is 18.9. The Morgan fingerprint density at radius 2 is 1.33 bits per heavy atom. The average molecular weight is 841 g/mol. The summed E-state index contributed by atoms with van der Waals surface area (Å²) in [4.78, 5) is 116. The van der Waals surface area contributed by atoms with Gasteiger partial charge >= 0.3 is 23.9 Å². The Hall–Kier alpha value is -6.79. The highest BCUT2D eigenvalue weighted by Gasteiger charge is 2.29. The molecule has 3 aromatic rings. The maximum atomic E-state index is 12.8. The van der Waals surface area contributed by atoms with Crippen molar-refractivity contribution >= 4 is 64.4 Å². The number of carboxylic acids is 4. The molecule has 11 N–H and O–H groups in total. The zero-order chi connectivity index (χ0) is 43.8. The molecule has 60 heavy (non-hydrogen) atoms. The average Bonchev–Trinajstić information content (AvgIpc) is 3.27. The number of benzene rings is 1. The molecule has 1 fully saturated rings. The molecule has 0 spiro atoms. The predicted octanol–water partition coefficient (Wildman–Crippen LogP) is -2.57. The van der Waals surface area contributed by atoms with Crippen molar-refractivity contribution in [2.45, 2.75) is 44.3 Å². The zero-order valence-electron chi connectivity index (χ0n) is 32.5. The van der Waals surface area contributed by atoms with Gasteiger partial charge < -0.3 is 47.4 Å². The fourth-order valence-corrected chi connectivity index (χ4v) is 6.24. The molecule has 1 aliphatic heterocycles. The number of nitrogens with one attached hydrogen (secondary N) is 5. The van der Waals surface area contributed by atoms with Gasteiger partial charge in [-0.15, -0.1) is 0 Å². The summed E-state index contributed by atoms with van der Waals surface area (Å²) in [5.41, 5.74) is 6.29. The van der Waals surface area contributed by atoms with Crippen LogP contribution in [0.4, 0.5) is 11.6 Å². The van der Waals surface area contributed by atoms with Gasteiger partial charge in [0.05, 0.1) is 31.5 Å². The van der Waals surface area contributed by atoms with E-state index in [0.717, 1.165) is 0 Å². The molecule has 3 amide bonds. The first-order valence-electron chi connectivity index (χ1n) is 18.9. The minimum atomic E-state index is -1.39. The Morgan fingerprint density at radius 3 is 1.88 bits per heavy atom. The van der Waals surface area contributed by atoms with Crippen molar-refractivity contribution in [3.05, 3.63) is 52.1 Å². The van der Waals surface area contributed by atoms with E-state index in [1.807, 2.05) is 0 Å². The number of aromatic nitrogens is 4. The molecule has 0 aliphatic carbocycles. The van der Waals surface area contributed by atoms with Crippen LogP contribution in [0.15, 0.2) is 35.3 Å². The lowest BCUT2D eigenvalue weighted by Gasteiger charge is -2.30. The van der Waals surface area contributed by atoms with E-state index in [1.54, 1.807) is 26.8 Å². The second kappa shape index (κ2) is 22.4. The normalized spacial score (nSPS) is 15.1. The van der Waals surface area contributed by atoms with Gasteiger partial charge in [-0.2, -0.15) is 4.98 Å². The van der Waals surface area contributed by atoms with E-state index in [9.17, 15) is 58.8 Å². The van der Waals surface area contributed by atoms with E-state index in [2.05, 4.69) is 41.2 Å². The molecular weight excluding hydrogens is 792 g/mol. The summed E-state index contributed by atoms with van der Waals surface area (Å²) in [6.07, 6.45) is 0.670. The quantitative estimate of drug-likeness (QED) is 0.0493. The van der Waals surface area contributed by atoms with Crippen LogP contribution in [0.2, 0.25) is 0 Å². The molecule has 1 aromatic carbocycles. The van der Waals surface area contributed by atoms with Crippen LogP contribution < -0.4 is 32.6 Å². The van der Waals surface area contributed by atoms with Gasteiger partial charge in [0.1, 0.15) is 12.1 Å². The van der Waals surface area contributed by atoms with Crippen molar-refractivity contribution in [1.29, 1.82) is 0 Å². The summed E-state index contributed by atoms with van der Waals surface area (Å²) in [6, 6.07) is 3.61. The minimum absolute atomic E-state index is 0.00717. The number of nitrogen functional groups attached to an aromatic ring is 1. The summed E-state index contributed by atoms with van der Waals surface area (Å²) in [5.74, 6) is -6.48. The fourth-order valence-electron chi connectivity index (χ4n) is 6.24. The third-order valence-electron chi connectivity index (χ3n) is 9.37. The van der Waals surface area contributed by atoms with Crippen LogP contribution in [-0.4, -0.2) is 174 Å². The topological polar surface area (TPSA) is 356 Å². The number of anilines is 2. The first kappa shape index (κ1) is 45.9. The number of rotatable bonds is 21. The molecule has 0 bridgehead atoms. The van der Waals surface area contributed by atoms with Crippen molar-refractivity contribution in [3.63, 3.8) is 0 Å². The summed E-state index contributed by atoms with van der Waals surface area (Å²) >= 11 is 0. The van der Waals surface area contributed by atoms with Crippen molar-refractivity contribution in [3.8, 4) is 0 Å². The number of amides is 3. The second-order valence-corrected chi connectivity index (χ2v) is 13.8. The van der Waals surface area contributed by atoms with Gasteiger partial charge in [0, 0.05) is 76.5 Å². The largest absolute Gasteiger partial charge is 0.480 e. The molecule has 1 saturated heterocycles.